The number of hydrogen-bond acceptors (Lipinski definition) is 1. The third-order valence-corrected chi connectivity index (χ3v) is 3.35. The van der Waals surface area contributed by atoms with Gasteiger partial charge in [-0.05, 0) is 43.0 Å². The van der Waals surface area contributed by atoms with Crippen LogP contribution in [0.2, 0.25) is 0 Å². The maximum atomic E-state index is 13.3. The van der Waals surface area contributed by atoms with E-state index in [1.165, 1.54) is 12.1 Å². The van der Waals surface area contributed by atoms with Crippen LogP contribution in [0.25, 0.3) is 0 Å². The Kier molecular flexibility index (Phi) is 7.00. The number of hydrogen-bond donors (Lipinski definition) is 1. The number of rotatable bonds is 8. The smallest absolute Gasteiger partial charge is 0.126 e. The average Bonchev–Trinajstić information content (AvgIpc) is 2.33. The van der Waals surface area contributed by atoms with Gasteiger partial charge in [0.25, 0.3) is 0 Å². The van der Waals surface area contributed by atoms with Gasteiger partial charge in [0.2, 0.25) is 0 Å². The molecule has 0 fully saturated rings. The fourth-order valence-corrected chi connectivity index (χ4v) is 2.45. The lowest BCUT2D eigenvalue weighted by Crippen LogP contribution is -2.24. The normalized spacial score (nSPS) is 14.4. The van der Waals surface area contributed by atoms with Gasteiger partial charge in [0.05, 0.1) is 0 Å². The second-order valence-corrected chi connectivity index (χ2v) is 5.34. The van der Waals surface area contributed by atoms with Crippen LogP contribution in [0.15, 0.2) is 18.2 Å². The summed E-state index contributed by atoms with van der Waals surface area (Å²) in [5.74, 6) is -0.450. The number of nitrogens with one attached hydrogen (secondary N) is 1. The van der Waals surface area contributed by atoms with Gasteiger partial charge in [-0.3, -0.25) is 0 Å². The van der Waals surface area contributed by atoms with Crippen LogP contribution in [-0.4, -0.2) is 6.54 Å². The van der Waals surface area contributed by atoms with E-state index in [0.717, 1.165) is 38.3 Å². The van der Waals surface area contributed by atoms with Gasteiger partial charge in [-0.1, -0.05) is 33.6 Å². The van der Waals surface area contributed by atoms with Gasteiger partial charge in [0, 0.05) is 12.1 Å². The molecular weight excluding hydrogens is 244 g/mol. The van der Waals surface area contributed by atoms with E-state index in [4.69, 9.17) is 0 Å². The van der Waals surface area contributed by atoms with Crippen molar-refractivity contribution in [1.29, 1.82) is 0 Å². The van der Waals surface area contributed by atoms with E-state index in [2.05, 4.69) is 26.1 Å². The van der Waals surface area contributed by atoms with Crippen LogP contribution in [0.3, 0.4) is 0 Å². The van der Waals surface area contributed by atoms with E-state index in [-0.39, 0.29) is 6.04 Å². The van der Waals surface area contributed by atoms with Crippen LogP contribution >= 0.6 is 0 Å². The molecule has 108 valence electrons. The van der Waals surface area contributed by atoms with Crippen molar-refractivity contribution in [3.63, 3.8) is 0 Å². The van der Waals surface area contributed by atoms with Crippen molar-refractivity contribution in [3.8, 4) is 0 Å². The zero-order valence-electron chi connectivity index (χ0n) is 12.2. The largest absolute Gasteiger partial charge is 0.310 e. The molecule has 2 atom stereocenters. The minimum absolute atomic E-state index is 0.0340. The summed E-state index contributed by atoms with van der Waals surface area (Å²) in [6.45, 7) is 7.31. The molecule has 1 N–H and O–H groups in total. The minimum atomic E-state index is -0.499. The molecule has 0 saturated carbocycles. The SMILES string of the molecule is CCCNC(CC(C)CCC)c1cc(F)cc(F)c1. The second-order valence-electron chi connectivity index (χ2n) is 5.34. The Bertz CT molecular complexity index is 359. The highest BCUT2D eigenvalue weighted by atomic mass is 19.1. The van der Waals surface area contributed by atoms with E-state index in [1.807, 2.05) is 0 Å². The molecule has 0 aliphatic heterocycles. The van der Waals surface area contributed by atoms with Crippen molar-refractivity contribution in [3.05, 3.63) is 35.4 Å². The maximum absolute atomic E-state index is 13.3. The summed E-state index contributed by atoms with van der Waals surface area (Å²) < 4.78 is 26.7. The molecule has 1 nitrogen and oxygen atoms in total. The molecule has 3 heteroatoms. The van der Waals surface area contributed by atoms with Gasteiger partial charge in [-0.15, -0.1) is 0 Å². The summed E-state index contributed by atoms with van der Waals surface area (Å²) in [5, 5.41) is 3.40. The summed E-state index contributed by atoms with van der Waals surface area (Å²) in [6, 6.07) is 3.84. The molecule has 0 aliphatic rings. The lowest BCUT2D eigenvalue weighted by molar-refractivity contribution is 0.388. The fraction of sp³-hybridized carbons (Fsp3) is 0.625. The van der Waals surface area contributed by atoms with Crippen molar-refractivity contribution in [2.24, 2.45) is 5.92 Å². The first-order chi connectivity index (χ1) is 9.06. The highest BCUT2D eigenvalue weighted by Crippen LogP contribution is 2.25. The summed E-state index contributed by atoms with van der Waals surface area (Å²) in [4.78, 5) is 0. The molecule has 1 rings (SSSR count). The standard InChI is InChI=1S/C16H25F2N/c1-4-6-12(3)8-16(19-7-5-2)13-9-14(17)11-15(18)10-13/h9-12,16,19H,4-8H2,1-3H3. The highest BCUT2D eigenvalue weighted by Gasteiger charge is 2.16. The van der Waals surface area contributed by atoms with Crippen LogP contribution < -0.4 is 5.32 Å². The molecule has 0 bridgehead atoms. The molecule has 1 aromatic carbocycles. The summed E-state index contributed by atoms with van der Waals surface area (Å²) in [7, 11) is 0. The minimum Gasteiger partial charge on any atom is -0.310 e. The predicted octanol–water partition coefficient (Wildman–Crippen LogP) is 4.83. The second kappa shape index (κ2) is 8.26. The molecule has 0 aromatic heterocycles. The Labute approximate surface area is 115 Å². The van der Waals surface area contributed by atoms with Crippen molar-refractivity contribution < 1.29 is 8.78 Å². The number of halogens is 2. The van der Waals surface area contributed by atoms with E-state index >= 15 is 0 Å². The van der Waals surface area contributed by atoms with Crippen LogP contribution in [0.5, 0.6) is 0 Å². The number of benzene rings is 1. The highest BCUT2D eigenvalue weighted by molar-refractivity contribution is 5.21. The quantitative estimate of drug-likeness (QED) is 0.712. The first-order valence-electron chi connectivity index (χ1n) is 7.26. The Morgan fingerprint density at radius 3 is 2.21 bits per heavy atom. The molecule has 0 spiro atoms. The fourth-order valence-electron chi connectivity index (χ4n) is 2.45. The average molecular weight is 269 g/mol. The van der Waals surface area contributed by atoms with Crippen LogP contribution in [-0.2, 0) is 0 Å². The van der Waals surface area contributed by atoms with Crippen LogP contribution in [0.4, 0.5) is 8.78 Å². The third-order valence-electron chi connectivity index (χ3n) is 3.35. The van der Waals surface area contributed by atoms with Crippen LogP contribution in [0.1, 0.15) is 58.1 Å². The summed E-state index contributed by atoms with van der Waals surface area (Å²) in [6.07, 6.45) is 4.20. The molecule has 0 saturated heterocycles. The van der Waals surface area contributed by atoms with E-state index < -0.39 is 11.6 Å². The van der Waals surface area contributed by atoms with Gasteiger partial charge in [0.1, 0.15) is 11.6 Å². The lowest BCUT2D eigenvalue weighted by atomic mass is 9.92. The van der Waals surface area contributed by atoms with Gasteiger partial charge in [0.15, 0.2) is 0 Å². The molecule has 0 aliphatic carbocycles. The molecule has 1 aromatic rings. The first kappa shape index (κ1) is 16.1. The van der Waals surface area contributed by atoms with Gasteiger partial charge >= 0.3 is 0 Å². The zero-order chi connectivity index (χ0) is 14.3. The van der Waals surface area contributed by atoms with Gasteiger partial charge in [-0.2, -0.15) is 0 Å². The maximum Gasteiger partial charge on any atom is 0.126 e. The molecule has 0 heterocycles. The predicted molar refractivity (Wildman–Crippen MR) is 76.1 cm³/mol. The van der Waals surface area contributed by atoms with Crippen molar-refractivity contribution in [1.82, 2.24) is 5.32 Å². The van der Waals surface area contributed by atoms with Gasteiger partial charge < -0.3 is 5.32 Å². The Hall–Kier alpha value is -0.960. The lowest BCUT2D eigenvalue weighted by Gasteiger charge is -2.22. The first-order valence-corrected chi connectivity index (χ1v) is 7.26. The van der Waals surface area contributed by atoms with Crippen molar-refractivity contribution in [2.45, 2.75) is 52.5 Å². The molecule has 2 unspecified atom stereocenters. The summed E-state index contributed by atoms with van der Waals surface area (Å²) >= 11 is 0. The van der Waals surface area contributed by atoms with Crippen LogP contribution in [0, 0.1) is 17.6 Å². The molecule has 0 amide bonds. The van der Waals surface area contributed by atoms with E-state index in [0.29, 0.717) is 11.5 Å². The molecular formula is C16H25F2N. The molecule has 0 radical (unpaired) electrons. The summed E-state index contributed by atoms with van der Waals surface area (Å²) in [5.41, 5.74) is 0.717. The van der Waals surface area contributed by atoms with E-state index in [1.54, 1.807) is 0 Å². The Morgan fingerprint density at radius 2 is 1.68 bits per heavy atom. The van der Waals surface area contributed by atoms with Gasteiger partial charge in [-0.25, -0.2) is 8.78 Å². The topological polar surface area (TPSA) is 12.0 Å². The zero-order valence-corrected chi connectivity index (χ0v) is 12.2. The van der Waals surface area contributed by atoms with Crippen molar-refractivity contribution in [2.75, 3.05) is 6.54 Å². The monoisotopic (exact) mass is 269 g/mol. The van der Waals surface area contributed by atoms with E-state index in [9.17, 15) is 8.78 Å². The molecule has 19 heavy (non-hydrogen) atoms. The third kappa shape index (κ3) is 5.68. The van der Waals surface area contributed by atoms with Crippen molar-refractivity contribution >= 4 is 0 Å². The Morgan fingerprint density at radius 1 is 1.05 bits per heavy atom. The Balaban J connectivity index is 2.82.